The van der Waals surface area contributed by atoms with Crippen LogP contribution in [-0.4, -0.2) is 27.3 Å². The second-order valence-corrected chi connectivity index (χ2v) is 4.26. The maximum absolute atomic E-state index is 11.4. The van der Waals surface area contributed by atoms with Crippen LogP contribution in [0, 0.1) is 0 Å². The van der Waals surface area contributed by atoms with Crippen LogP contribution in [-0.2, 0) is 13.1 Å². The zero-order valence-electron chi connectivity index (χ0n) is 11.1. The number of benzene rings is 1. The van der Waals surface area contributed by atoms with Gasteiger partial charge < -0.3 is 10.6 Å². The average molecular weight is 271 g/mol. The standard InChI is InChI=1S/C14H17N5O/c1-2-7-16-14(20)17-8-12-3-5-13(6-4-12)9-19-11-15-10-18-19/h2-6,10-11H,1,7-9H2,(H2,16,17,20). The van der Waals surface area contributed by atoms with Gasteiger partial charge in [0, 0.05) is 13.1 Å². The zero-order valence-corrected chi connectivity index (χ0v) is 11.1. The van der Waals surface area contributed by atoms with E-state index in [2.05, 4.69) is 27.3 Å². The van der Waals surface area contributed by atoms with Crippen LogP contribution in [0.4, 0.5) is 4.79 Å². The number of urea groups is 1. The molecule has 1 aromatic heterocycles. The number of amides is 2. The fourth-order valence-corrected chi connectivity index (χ4v) is 1.67. The first-order valence-electron chi connectivity index (χ1n) is 6.31. The summed E-state index contributed by atoms with van der Waals surface area (Å²) in [6.45, 7) is 5.18. The third-order valence-corrected chi connectivity index (χ3v) is 2.69. The molecule has 0 aliphatic carbocycles. The summed E-state index contributed by atoms with van der Waals surface area (Å²) in [6.07, 6.45) is 4.83. The van der Waals surface area contributed by atoms with Gasteiger partial charge in [-0.05, 0) is 11.1 Å². The first-order chi connectivity index (χ1) is 9.78. The lowest BCUT2D eigenvalue weighted by Crippen LogP contribution is -2.34. The zero-order chi connectivity index (χ0) is 14.2. The number of carbonyl (C=O) groups is 1. The van der Waals surface area contributed by atoms with E-state index in [1.54, 1.807) is 17.1 Å². The van der Waals surface area contributed by atoms with E-state index in [-0.39, 0.29) is 6.03 Å². The smallest absolute Gasteiger partial charge is 0.315 e. The van der Waals surface area contributed by atoms with E-state index in [1.807, 2.05) is 24.3 Å². The Morgan fingerprint density at radius 2 is 2.00 bits per heavy atom. The minimum absolute atomic E-state index is 0.198. The lowest BCUT2D eigenvalue weighted by molar-refractivity contribution is 0.241. The highest BCUT2D eigenvalue weighted by atomic mass is 16.2. The van der Waals surface area contributed by atoms with E-state index in [0.29, 0.717) is 19.6 Å². The molecule has 20 heavy (non-hydrogen) atoms. The van der Waals surface area contributed by atoms with E-state index in [9.17, 15) is 4.79 Å². The Morgan fingerprint density at radius 3 is 2.65 bits per heavy atom. The number of nitrogens with one attached hydrogen (secondary N) is 2. The molecule has 0 saturated carbocycles. The van der Waals surface area contributed by atoms with E-state index >= 15 is 0 Å². The Labute approximate surface area is 117 Å². The molecule has 1 aromatic carbocycles. The molecule has 0 spiro atoms. The summed E-state index contributed by atoms with van der Waals surface area (Å²) in [4.78, 5) is 15.3. The molecule has 0 unspecified atom stereocenters. The molecule has 2 N–H and O–H groups in total. The maximum atomic E-state index is 11.4. The summed E-state index contributed by atoms with van der Waals surface area (Å²) in [5.74, 6) is 0. The van der Waals surface area contributed by atoms with Gasteiger partial charge in [-0.15, -0.1) is 6.58 Å². The van der Waals surface area contributed by atoms with Gasteiger partial charge in [0.25, 0.3) is 0 Å². The van der Waals surface area contributed by atoms with Crippen LogP contribution in [0.3, 0.4) is 0 Å². The number of hydrogen-bond acceptors (Lipinski definition) is 3. The molecular weight excluding hydrogens is 254 g/mol. The highest BCUT2D eigenvalue weighted by Crippen LogP contribution is 2.05. The monoisotopic (exact) mass is 271 g/mol. The normalized spacial score (nSPS) is 10.0. The summed E-state index contributed by atoms with van der Waals surface area (Å²) in [7, 11) is 0. The van der Waals surface area contributed by atoms with Gasteiger partial charge in [-0.1, -0.05) is 30.3 Å². The lowest BCUT2D eigenvalue weighted by atomic mass is 10.1. The lowest BCUT2D eigenvalue weighted by Gasteiger charge is -2.07. The first-order valence-corrected chi connectivity index (χ1v) is 6.31. The van der Waals surface area contributed by atoms with E-state index in [0.717, 1.165) is 11.1 Å². The number of nitrogens with zero attached hydrogens (tertiary/aromatic N) is 3. The number of hydrogen-bond donors (Lipinski definition) is 2. The van der Waals surface area contributed by atoms with E-state index < -0.39 is 0 Å². The second-order valence-electron chi connectivity index (χ2n) is 4.26. The average Bonchev–Trinajstić information content (AvgIpc) is 2.97. The third-order valence-electron chi connectivity index (χ3n) is 2.69. The molecule has 2 rings (SSSR count). The second kappa shape index (κ2) is 7.08. The summed E-state index contributed by atoms with van der Waals surface area (Å²) in [5, 5.41) is 9.48. The molecule has 0 radical (unpaired) electrons. The van der Waals surface area contributed by atoms with Crippen molar-refractivity contribution in [1.29, 1.82) is 0 Å². The maximum Gasteiger partial charge on any atom is 0.315 e. The predicted molar refractivity (Wildman–Crippen MR) is 76.0 cm³/mol. The van der Waals surface area contributed by atoms with Gasteiger partial charge in [0.1, 0.15) is 12.7 Å². The van der Waals surface area contributed by atoms with Crippen LogP contribution in [0.1, 0.15) is 11.1 Å². The van der Waals surface area contributed by atoms with Gasteiger partial charge in [-0.3, -0.25) is 0 Å². The van der Waals surface area contributed by atoms with Crippen LogP contribution < -0.4 is 10.6 Å². The van der Waals surface area contributed by atoms with Crippen molar-refractivity contribution in [2.24, 2.45) is 0 Å². The van der Waals surface area contributed by atoms with Gasteiger partial charge in [-0.25, -0.2) is 14.5 Å². The highest BCUT2D eigenvalue weighted by Gasteiger charge is 2.00. The largest absolute Gasteiger partial charge is 0.335 e. The minimum atomic E-state index is -0.198. The fourth-order valence-electron chi connectivity index (χ4n) is 1.67. The molecule has 0 atom stereocenters. The molecule has 0 saturated heterocycles. The topological polar surface area (TPSA) is 71.8 Å². The Bertz CT molecular complexity index is 547. The van der Waals surface area contributed by atoms with Gasteiger partial charge >= 0.3 is 6.03 Å². The molecule has 0 aliphatic rings. The van der Waals surface area contributed by atoms with Crippen molar-refractivity contribution < 1.29 is 4.79 Å². The van der Waals surface area contributed by atoms with Crippen molar-refractivity contribution in [3.05, 3.63) is 60.7 Å². The van der Waals surface area contributed by atoms with Crippen molar-refractivity contribution in [1.82, 2.24) is 25.4 Å². The highest BCUT2D eigenvalue weighted by molar-refractivity contribution is 5.73. The van der Waals surface area contributed by atoms with Crippen LogP contribution in [0.25, 0.3) is 0 Å². The van der Waals surface area contributed by atoms with E-state index in [1.165, 1.54) is 6.33 Å². The molecule has 6 heteroatoms. The third kappa shape index (κ3) is 4.24. The Balaban J connectivity index is 1.82. The van der Waals surface area contributed by atoms with E-state index in [4.69, 9.17) is 0 Å². The molecule has 2 amide bonds. The van der Waals surface area contributed by atoms with Gasteiger partial charge in [0.15, 0.2) is 0 Å². The Kier molecular flexibility index (Phi) is 4.88. The molecule has 2 aromatic rings. The summed E-state index contributed by atoms with van der Waals surface area (Å²) in [5.41, 5.74) is 2.18. The van der Waals surface area contributed by atoms with Crippen LogP contribution in [0.15, 0.2) is 49.6 Å². The number of aromatic nitrogens is 3. The summed E-state index contributed by atoms with van der Waals surface area (Å²) < 4.78 is 1.76. The first kappa shape index (κ1) is 13.8. The quantitative estimate of drug-likeness (QED) is 0.778. The molecule has 0 aliphatic heterocycles. The van der Waals surface area contributed by atoms with Gasteiger partial charge in [0.05, 0.1) is 6.54 Å². The number of rotatable bonds is 6. The number of carbonyl (C=O) groups excluding carboxylic acids is 1. The summed E-state index contributed by atoms with van der Waals surface area (Å²) >= 11 is 0. The molecule has 6 nitrogen and oxygen atoms in total. The van der Waals surface area contributed by atoms with Crippen molar-refractivity contribution in [2.45, 2.75) is 13.1 Å². The molecular formula is C14H17N5O. The van der Waals surface area contributed by atoms with Crippen molar-refractivity contribution in [3.63, 3.8) is 0 Å². The van der Waals surface area contributed by atoms with Crippen molar-refractivity contribution in [2.75, 3.05) is 6.54 Å². The molecule has 0 fully saturated rings. The predicted octanol–water partition coefficient (Wildman–Crippen LogP) is 1.31. The van der Waals surface area contributed by atoms with Crippen LogP contribution in [0.5, 0.6) is 0 Å². The SMILES string of the molecule is C=CCNC(=O)NCc1ccc(Cn2cncn2)cc1. The van der Waals surface area contributed by atoms with Gasteiger partial charge in [0.2, 0.25) is 0 Å². The fraction of sp³-hybridized carbons (Fsp3) is 0.214. The summed E-state index contributed by atoms with van der Waals surface area (Å²) in [6, 6.07) is 7.80. The van der Waals surface area contributed by atoms with Crippen molar-refractivity contribution in [3.8, 4) is 0 Å². The van der Waals surface area contributed by atoms with Crippen LogP contribution >= 0.6 is 0 Å². The Hall–Kier alpha value is -2.63. The molecule has 0 bridgehead atoms. The molecule has 1 heterocycles. The minimum Gasteiger partial charge on any atom is -0.335 e. The van der Waals surface area contributed by atoms with Crippen LogP contribution in [0.2, 0.25) is 0 Å². The Morgan fingerprint density at radius 1 is 1.25 bits per heavy atom. The van der Waals surface area contributed by atoms with Crippen molar-refractivity contribution >= 4 is 6.03 Å². The van der Waals surface area contributed by atoms with Gasteiger partial charge in [-0.2, -0.15) is 5.10 Å². The molecule has 104 valence electrons.